The molecule has 0 aliphatic heterocycles. The summed E-state index contributed by atoms with van der Waals surface area (Å²) in [5, 5.41) is 13.8. The zero-order valence-electron chi connectivity index (χ0n) is 16.3. The first-order chi connectivity index (χ1) is 13.9. The van der Waals surface area contributed by atoms with Gasteiger partial charge in [-0.3, -0.25) is 14.9 Å². The van der Waals surface area contributed by atoms with Crippen molar-refractivity contribution in [3.63, 3.8) is 0 Å². The molecule has 0 bridgehead atoms. The summed E-state index contributed by atoms with van der Waals surface area (Å²) in [6.45, 7) is 3.44. The molecular weight excluding hydrogens is 380 g/mol. The monoisotopic (exact) mass is 402 g/mol. The van der Waals surface area contributed by atoms with Gasteiger partial charge >= 0.3 is 5.97 Å². The van der Waals surface area contributed by atoms with Crippen LogP contribution in [-0.4, -0.2) is 37.1 Å². The Hall–Kier alpha value is -3.62. The first-order valence-corrected chi connectivity index (χ1v) is 8.88. The normalized spacial score (nSPS) is 11.3. The van der Waals surface area contributed by atoms with Crippen molar-refractivity contribution in [3.8, 4) is 11.5 Å². The molecule has 1 amide bonds. The van der Waals surface area contributed by atoms with Gasteiger partial charge < -0.3 is 19.5 Å². The minimum absolute atomic E-state index is 0.0225. The van der Waals surface area contributed by atoms with Crippen LogP contribution < -0.4 is 14.8 Å². The van der Waals surface area contributed by atoms with Crippen LogP contribution in [0.4, 0.5) is 5.69 Å². The molecule has 29 heavy (non-hydrogen) atoms. The number of nitro benzene ring substituents is 1. The second-order valence-electron chi connectivity index (χ2n) is 5.97. The standard InChI is InChI=1S/C20H22N2O7/c1-4-28-19(23)12-29-17-10-9-14(11-18(17)27-3)13(2)21-20(24)15-7-5-6-8-16(15)22(25)26/h5-11,13H,4,12H2,1-3H3,(H,21,24)/t13-/m0/s1. The second-order valence-corrected chi connectivity index (χ2v) is 5.97. The number of hydrogen-bond donors (Lipinski definition) is 1. The van der Waals surface area contributed by atoms with Gasteiger partial charge in [-0.15, -0.1) is 0 Å². The predicted molar refractivity (Wildman–Crippen MR) is 104 cm³/mol. The fraction of sp³-hybridized carbons (Fsp3) is 0.300. The lowest BCUT2D eigenvalue weighted by molar-refractivity contribution is -0.385. The van der Waals surface area contributed by atoms with E-state index in [0.717, 1.165) is 0 Å². The van der Waals surface area contributed by atoms with Crippen LogP contribution in [0.2, 0.25) is 0 Å². The SMILES string of the molecule is CCOC(=O)COc1ccc([C@H](C)NC(=O)c2ccccc2[N+](=O)[O-])cc1OC. The van der Waals surface area contributed by atoms with Crippen LogP contribution in [0.1, 0.15) is 35.8 Å². The van der Waals surface area contributed by atoms with Crippen molar-refractivity contribution in [1.82, 2.24) is 5.32 Å². The van der Waals surface area contributed by atoms with Crippen LogP contribution in [0.3, 0.4) is 0 Å². The van der Waals surface area contributed by atoms with Gasteiger partial charge in [-0.2, -0.15) is 0 Å². The molecule has 0 heterocycles. The van der Waals surface area contributed by atoms with Crippen molar-refractivity contribution in [2.24, 2.45) is 0 Å². The Labute approximate surface area is 167 Å². The quantitative estimate of drug-likeness (QED) is 0.389. The van der Waals surface area contributed by atoms with Crippen molar-refractivity contribution < 1.29 is 28.7 Å². The van der Waals surface area contributed by atoms with E-state index in [1.165, 1.54) is 25.3 Å². The van der Waals surface area contributed by atoms with Gasteiger partial charge in [0, 0.05) is 6.07 Å². The number of carbonyl (C=O) groups is 2. The molecule has 0 unspecified atom stereocenters. The number of amides is 1. The molecule has 0 spiro atoms. The Bertz CT molecular complexity index is 898. The molecule has 2 aromatic carbocycles. The fourth-order valence-corrected chi connectivity index (χ4v) is 2.59. The molecule has 0 saturated heterocycles. The molecule has 9 heteroatoms. The number of rotatable bonds is 9. The molecule has 0 aliphatic carbocycles. The lowest BCUT2D eigenvalue weighted by atomic mass is 10.1. The third kappa shape index (κ3) is 5.68. The van der Waals surface area contributed by atoms with Gasteiger partial charge in [0.05, 0.1) is 24.7 Å². The third-order valence-corrected chi connectivity index (χ3v) is 4.03. The Morgan fingerprint density at radius 3 is 2.55 bits per heavy atom. The number of nitrogens with one attached hydrogen (secondary N) is 1. The Morgan fingerprint density at radius 2 is 1.90 bits per heavy atom. The Balaban J connectivity index is 2.13. The van der Waals surface area contributed by atoms with Gasteiger partial charge in [-0.25, -0.2) is 4.79 Å². The molecule has 0 aliphatic rings. The van der Waals surface area contributed by atoms with E-state index in [0.29, 0.717) is 17.1 Å². The molecule has 0 saturated carbocycles. The minimum atomic E-state index is -0.599. The van der Waals surface area contributed by atoms with Gasteiger partial charge in [0.2, 0.25) is 0 Å². The smallest absolute Gasteiger partial charge is 0.344 e. The van der Waals surface area contributed by atoms with E-state index in [2.05, 4.69) is 5.32 Å². The summed E-state index contributed by atoms with van der Waals surface area (Å²) >= 11 is 0. The van der Waals surface area contributed by atoms with E-state index in [1.54, 1.807) is 38.1 Å². The average Bonchev–Trinajstić information content (AvgIpc) is 2.72. The van der Waals surface area contributed by atoms with Crippen molar-refractivity contribution in [2.45, 2.75) is 19.9 Å². The molecule has 0 radical (unpaired) electrons. The van der Waals surface area contributed by atoms with E-state index in [4.69, 9.17) is 14.2 Å². The molecule has 9 nitrogen and oxygen atoms in total. The van der Waals surface area contributed by atoms with Gasteiger partial charge in [0.15, 0.2) is 18.1 Å². The van der Waals surface area contributed by atoms with Crippen molar-refractivity contribution in [2.75, 3.05) is 20.3 Å². The molecule has 2 rings (SSSR count). The van der Waals surface area contributed by atoms with Crippen molar-refractivity contribution >= 4 is 17.6 Å². The summed E-state index contributed by atoms with van der Waals surface area (Å²) in [5.41, 5.74) is 0.403. The number of hydrogen-bond acceptors (Lipinski definition) is 7. The van der Waals surface area contributed by atoms with E-state index in [9.17, 15) is 19.7 Å². The molecule has 1 atom stereocenters. The number of esters is 1. The van der Waals surface area contributed by atoms with E-state index < -0.39 is 22.8 Å². The van der Waals surface area contributed by atoms with Crippen molar-refractivity contribution in [1.29, 1.82) is 0 Å². The van der Waals surface area contributed by atoms with Crippen LogP contribution in [-0.2, 0) is 9.53 Å². The third-order valence-electron chi connectivity index (χ3n) is 4.03. The molecule has 1 N–H and O–H groups in total. The maximum absolute atomic E-state index is 12.5. The number of para-hydroxylation sites is 1. The summed E-state index contributed by atoms with van der Waals surface area (Å²) in [7, 11) is 1.45. The summed E-state index contributed by atoms with van der Waals surface area (Å²) in [6.07, 6.45) is 0. The minimum Gasteiger partial charge on any atom is -0.493 e. The summed E-state index contributed by atoms with van der Waals surface area (Å²) in [6, 6.07) is 10.2. The zero-order valence-corrected chi connectivity index (χ0v) is 16.3. The fourth-order valence-electron chi connectivity index (χ4n) is 2.59. The number of benzene rings is 2. The summed E-state index contributed by atoms with van der Waals surface area (Å²) in [4.78, 5) is 34.4. The first-order valence-electron chi connectivity index (χ1n) is 8.88. The largest absolute Gasteiger partial charge is 0.493 e. The van der Waals surface area contributed by atoms with Gasteiger partial charge in [-0.05, 0) is 37.6 Å². The highest BCUT2D eigenvalue weighted by Crippen LogP contribution is 2.30. The zero-order chi connectivity index (χ0) is 21.4. The molecular formula is C20H22N2O7. The van der Waals surface area contributed by atoms with Gasteiger partial charge in [0.25, 0.3) is 11.6 Å². The van der Waals surface area contributed by atoms with Crippen LogP contribution in [0.25, 0.3) is 0 Å². The highest BCUT2D eigenvalue weighted by atomic mass is 16.6. The van der Waals surface area contributed by atoms with Gasteiger partial charge in [0.1, 0.15) is 5.56 Å². The second kappa shape index (κ2) is 10.1. The lowest BCUT2D eigenvalue weighted by Gasteiger charge is -2.17. The van der Waals surface area contributed by atoms with E-state index >= 15 is 0 Å². The van der Waals surface area contributed by atoms with Crippen molar-refractivity contribution in [3.05, 3.63) is 63.7 Å². The topological polar surface area (TPSA) is 117 Å². The Kier molecular flexibility index (Phi) is 7.53. The summed E-state index contributed by atoms with van der Waals surface area (Å²) in [5.74, 6) is -0.338. The van der Waals surface area contributed by atoms with E-state index in [-0.39, 0.29) is 24.5 Å². The molecule has 0 fully saturated rings. The summed E-state index contributed by atoms with van der Waals surface area (Å²) < 4.78 is 15.5. The maximum atomic E-state index is 12.5. The van der Waals surface area contributed by atoms with E-state index in [1.807, 2.05) is 0 Å². The number of nitrogens with zero attached hydrogens (tertiary/aromatic N) is 1. The number of methoxy groups -OCH3 is 1. The average molecular weight is 402 g/mol. The molecule has 154 valence electrons. The number of nitro groups is 1. The molecule has 2 aromatic rings. The number of carbonyl (C=O) groups excluding carboxylic acids is 2. The van der Waals surface area contributed by atoms with Gasteiger partial charge in [-0.1, -0.05) is 18.2 Å². The van der Waals surface area contributed by atoms with Crippen LogP contribution in [0, 0.1) is 10.1 Å². The van der Waals surface area contributed by atoms with Crippen LogP contribution >= 0.6 is 0 Å². The van der Waals surface area contributed by atoms with Crippen LogP contribution in [0.5, 0.6) is 11.5 Å². The first kappa shape index (κ1) is 21.7. The highest BCUT2D eigenvalue weighted by molar-refractivity contribution is 5.98. The van der Waals surface area contributed by atoms with Crippen LogP contribution in [0.15, 0.2) is 42.5 Å². The highest BCUT2D eigenvalue weighted by Gasteiger charge is 2.21. The molecule has 0 aromatic heterocycles. The lowest BCUT2D eigenvalue weighted by Crippen LogP contribution is -2.27. The predicted octanol–water partition coefficient (Wildman–Crippen LogP) is 3.04. The Morgan fingerprint density at radius 1 is 1.17 bits per heavy atom. The maximum Gasteiger partial charge on any atom is 0.344 e. The number of ether oxygens (including phenoxy) is 3.